The second kappa shape index (κ2) is 23.4. The van der Waals surface area contributed by atoms with E-state index < -0.39 is 0 Å². The van der Waals surface area contributed by atoms with Crippen LogP contribution in [0.5, 0.6) is 0 Å². The fourth-order valence-corrected chi connectivity index (χ4v) is 9.59. The normalized spacial score (nSPS) is 35.1. The maximum atomic E-state index is 2.43. The second-order valence-electron chi connectivity index (χ2n) is 17.9. The molecule has 45 heavy (non-hydrogen) atoms. The van der Waals surface area contributed by atoms with Crippen LogP contribution < -0.4 is 0 Å². The standard InChI is InChI=1S/C14H26.C12H20.2C7H14.C3H6.C2H6/c1-11-3-7-13(8-4-11)14-9-5-12(2)6-10-14;1-3-9(4-1)11-7-8-12(11)10-5-2-6-10;2*1-7-5-3-2-4-6-7;1-2-3-1;1-2/h11-14H,3-10H2,1-2H3;9-12H,1-8H2;2*7H,2-6H2,1H3;1-3H2;1-2H3. The van der Waals surface area contributed by atoms with Gasteiger partial charge in [0.15, 0.2) is 0 Å². The zero-order valence-electron chi connectivity index (χ0n) is 32.3. The summed E-state index contributed by atoms with van der Waals surface area (Å²) in [6, 6.07) is 0. The Morgan fingerprint density at radius 1 is 0.222 bits per heavy atom. The lowest BCUT2D eigenvalue weighted by atomic mass is 9.54. The molecular formula is C45H86. The topological polar surface area (TPSA) is 0 Å². The molecule has 0 nitrogen and oxygen atoms in total. The van der Waals surface area contributed by atoms with E-state index in [9.17, 15) is 0 Å². The first kappa shape index (κ1) is 39.4. The van der Waals surface area contributed by atoms with Crippen LogP contribution in [0.25, 0.3) is 0 Å². The Kier molecular flexibility index (Phi) is 20.5. The van der Waals surface area contributed by atoms with Crippen LogP contribution >= 0.6 is 0 Å². The largest absolute Gasteiger partial charge is 0.0683 e. The fourth-order valence-electron chi connectivity index (χ4n) is 9.59. The van der Waals surface area contributed by atoms with Crippen molar-refractivity contribution in [2.75, 3.05) is 0 Å². The molecule has 0 spiro atoms. The van der Waals surface area contributed by atoms with Crippen LogP contribution in [-0.2, 0) is 0 Å². The lowest BCUT2D eigenvalue weighted by Gasteiger charge is -2.51. The first-order chi connectivity index (χ1) is 22.0. The minimum atomic E-state index is 1.02. The molecule has 0 saturated heterocycles. The zero-order chi connectivity index (χ0) is 32.3. The zero-order valence-corrected chi connectivity index (χ0v) is 32.3. The van der Waals surface area contributed by atoms with Crippen molar-refractivity contribution in [3.05, 3.63) is 0 Å². The third-order valence-electron chi connectivity index (χ3n) is 13.8. The van der Waals surface area contributed by atoms with Gasteiger partial charge in [-0.15, -0.1) is 0 Å². The van der Waals surface area contributed by atoms with Gasteiger partial charge < -0.3 is 0 Å². The second-order valence-corrected chi connectivity index (χ2v) is 17.9. The summed E-state index contributed by atoms with van der Waals surface area (Å²) in [5.41, 5.74) is 0. The summed E-state index contributed by atoms with van der Waals surface area (Å²) in [4.78, 5) is 0. The van der Waals surface area contributed by atoms with E-state index in [-0.39, 0.29) is 0 Å². The summed E-state index contributed by atoms with van der Waals surface area (Å²) < 4.78 is 0. The maximum Gasteiger partial charge on any atom is -0.0355 e. The van der Waals surface area contributed by atoms with E-state index in [0.29, 0.717) is 0 Å². The Morgan fingerprint density at radius 2 is 0.489 bits per heavy atom. The highest BCUT2D eigenvalue weighted by atomic mass is 14.5. The summed E-state index contributed by atoms with van der Waals surface area (Å²) in [6.45, 7) is 13.6. The van der Waals surface area contributed by atoms with Crippen molar-refractivity contribution in [3.8, 4) is 0 Å². The smallest absolute Gasteiger partial charge is 0.0355 e. The van der Waals surface area contributed by atoms with Crippen LogP contribution in [0.4, 0.5) is 0 Å². The Bertz CT molecular complexity index is 597. The molecule has 8 aliphatic rings. The monoisotopic (exact) mass is 627 g/mol. The van der Waals surface area contributed by atoms with Gasteiger partial charge in [0.05, 0.1) is 0 Å². The van der Waals surface area contributed by atoms with E-state index in [1.54, 1.807) is 77.0 Å². The van der Waals surface area contributed by atoms with Gasteiger partial charge in [-0.05, 0) is 97.7 Å². The molecule has 8 rings (SSSR count). The Morgan fingerprint density at radius 3 is 0.667 bits per heavy atom. The number of hydrogen-bond donors (Lipinski definition) is 0. The number of rotatable bonds is 3. The first-order valence-electron chi connectivity index (χ1n) is 22.0. The first-order valence-corrected chi connectivity index (χ1v) is 22.0. The molecular weight excluding hydrogens is 540 g/mol. The van der Waals surface area contributed by atoms with Crippen molar-refractivity contribution in [1.82, 2.24) is 0 Å². The highest BCUT2D eigenvalue weighted by molar-refractivity contribution is 4.94. The average Bonchev–Trinajstić information content (AvgIpc) is 3.90. The van der Waals surface area contributed by atoms with E-state index >= 15 is 0 Å². The minimum Gasteiger partial charge on any atom is -0.0683 e. The molecule has 2 unspecified atom stereocenters. The van der Waals surface area contributed by atoms with E-state index in [4.69, 9.17) is 0 Å². The fraction of sp³-hybridized carbons (Fsp3) is 1.00. The third kappa shape index (κ3) is 15.8. The van der Waals surface area contributed by atoms with Crippen LogP contribution in [-0.4, -0.2) is 0 Å². The Labute approximate surface area is 286 Å². The molecule has 0 bridgehead atoms. The van der Waals surface area contributed by atoms with Gasteiger partial charge in [-0.25, -0.2) is 0 Å². The van der Waals surface area contributed by atoms with E-state index in [1.165, 1.54) is 133 Å². The van der Waals surface area contributed by atoms with Crippen molar-refractivity contribution in [1.29, 1.82) is 0 Å². The van der Waals surface area contributed by atoms with Crippen LogP contribution in [0.15, 0.2) is 0 Å². The molecule has 266 valence electrons. The van der Waals surface area contributed by atoms with E-state index in [1.807, 2.05) is 13.8 Å². The predicted molar refractivity (Wildman–Crippen MR) is 203 cm³/mol. The molecule has 8 saturated carbocycles. The maximum absolute atomic E-state index is 2.43. The van der Waals surface area contributed by atoms with Gasteiger partial charge in [0, 0.05) is 0 Å². The van der Waals surface area contributed by atoms with E-state index in [0.717, 1.165) is 35.5 Å². The summed E-state index contributed by atoms with van der Waals surface area (Å²) in [6.07, 6.45) is 44.2. The van der Waals surface area contributed by atoms with Crippen LogP contribution in [0.1, 0.15) is 228 Å². The van der Waals surface area contributed by atoms with Crippen LogP contribution in [0, 0.1) is 59.2 Å². The summed E-state index contributed by atoms with van der Waals surface area (Å²) in [7, 11) is 0. The molecule has 0 aromatic carbocycles. The molecule has 0 aromatic heterocycles. The molecule has 0 radical (unpaired) electrons. The molecule has 0 heteroatoms. The van der Waals surface area contributed by atoms with Crippen molar-refractivity contribution >= 4 is 0 Å². The van der Waals surface area contributed by atoms with Crippen LogP contribution in [0.3, 0.4) is 0 Å². The lowest BCUT2D eigenvalue weighted by molar-refractivity contribution is -0.00862. The number of hydrogen-bond acceptors (Lipinski definition) is 0. The Hall–Kier alpha value is 0. The summed E-state index contributed by atoms with van der Waals surface area (Å²) in [5.74, 6) is 11.1. The molecule has 0 heterocycles. The molecule has 8 aliphatic carbocycles. The van der Waals surface area contributed by atoms with Crippen molar-refractivity contribution in [3.63, 3.8) is 0 Å². The molecule has 0 amide bonds. The van der Waals surface area contributed by atoms with Crippen molar-refractivity contribution in [2.45, 2.75) is 228 Å². The quantitative estimate of drug-likeness (QED) is 0.292. The molecule has 0 N–H and O–H groups in total. The third-order valence-corrected chi connectivity index (χ3v) is 13.8. The lowest BCUT2D eigenvalue weighted by Crippen LogP contribution is -2.41. The highest BCUT2D eigenvalue weighted by Gasteiger charge is 2.44. The average molecular weight is 627 g/mol. The summed E-state index contributed by atoms with van der Waals surface area (Å²) in [5, 5.41) is 0. The SMILES string of the molecule is C1CC(C2CCC2C2CCC2)C1.C1CC1.CC.CC1CCC(C2CCC(C)CC2)CC1.CC1CCCCC1.CC1CCCCC1. The van der Waals surface area contributed by atoms with Gasteiger partial charge in [0.25, 0.3) is 0 Å². The molecule has 2 atom stereocenters. The van der Waals surface area contributed by atoms with Gasteiger partial charge in [0.1, 0.15) is 0 Å². The van der Waals surface area contributed by atoms with Crippen LogP contribution in [0.2, 0.25) is 0 Å². The van der Waals surface area contributed by atoms with Gasteiger partial charge in [-0.2, -0.15) is 0 Å². The van der Waals surface area contributed by atoms with Crippen molar-refractivity contribution < 1.29 is 0 Å². The van der Waals surface area contributed by atoms with Crippen molar-refractivity contribution in [2.24, 2.45) is 59.2 Å². The van der Waals surface area contributed by atoms with Gasteiger partial charge >= 0.3 is 0 Å². The van der Waals surface area contributed by atoms with E-state index in [2.05, 4.69) is 27.7 Å². The highest BCUT2D eigenvalue weighted by Crippen LogP contribution is 2.54. The Balaban J connectivity index is 0.000000161. The predicted octanol–water partition coefficient (Wildman–Crippen LogP) is 15.6. The summed E-state index contributed by atoms with van der Waals surface area (Å²) >= 11 is 0. The molecule has 0 aromatic rings. The molecule has 8 fully saturated rings. The minimum absolute atomic E-state index is 1.02. The van der Waals surface area contributed by atoms with Gasteiger partial charge in [-0.1, -0.05) is 189 Å². The molecule has 0 aliphatic heterocycles. The van der Waals surface area contributed by atoms with Gasteiger partial charge in [0.2, 0.25) is 0 Å². The van der Waals surface area contributed by atoms with Gasteiger partial charge in [-0.3, -0.25) is 0 Å².